The summed E-state index contributed by atoms with van der Waals surface area (Å²) in [4.78, 5) is 17.6. The van der Waals surface area contributed by atoms with E-state index < -0.39 is 0 Å². The second kappa shape index (κ2) is 7.44. The van der Waals surface area contributed by atoms with Gasteiger partial charge in [0.05, 0.1) is 15.9 Å². The third-order valence-electron chi connectivity index (χ3n) is 4.32. The van der Waals surface area contributed by atoms with Gasteiger partial charge in [0.2, 0.25) is 0 Å². The molecule has 4 rings (SSSR count). The normalized spacial score (nSPS) is 13.3. The highest BCUT2D eigenvalue weighted by molar-refractivity contribution is 7.98. The summed E-state index contributed by atoms with van der Waals surface area (Å²) in [6.45, 7) is 4.99. The van der Waals surface area contributed by atoms with Gasteiger partial charge < -0.3 is 9.47 Å². The Morgan fingerprint density at radius 3 is 2.81 bits per heavy atom. The van der Waals surface area contributed by atoms with Gasteiger partial charge in [-0.25, -0.2) is 4.98 Å². The van der Waals surface area contributed by atoms with Crippen molar-refractivity contribution in [2.75, 3.05) is 13.2 Å². The lowest BCUT2D eigenvalue weighted by atomic mass is 10.2. The van der Waals surface area contributed by atoms with E-state index in [9.17, 15) is 4.79 Å². The second-order valence-corrected chi connectivity index (χ2v) is 7.92. The summed E-state index contributed by atoms with van der Waals surface area (Å²) >= 11 is 7.84. The molecule has 7 heteroatoms. The van der Waals surface area contributed by atoms with Crippen LogP contribution in [0.25, 0.3) is 10.9 Å². The Labute approximate surface area is 166 Å². The van der Waals surface area contributed by atoms with Crippen LogP contribution in [-0.2, 0) is 5.75 Å². The van der Waals surface area contributed by atoms with Gasteiger partial charge in [0.25, 0.3) is 5.56 Å². The summed E-state index contributed by atoms with van der Waals surface area (Å²) in [6, 6.07) is 11.3. The molecular formula is C20H19ClN2O3S. The Kier molecular flexibility index (Phi) is 5.02. The zero-order valence-corrected chi connectivity index (χ0v) is 16.6. The Balaban J connectivity index is 1.69. The van der Waals surface area contributed by atoms with E-state index in [1.54, 1.807) is 4.57 Å². The zero-order chi connectivity index (χ0) is 19.0. The number of nitrogens with zero attached hydrogens (tertiary/aromatic N) is 2. The van der Waals surface area contributed by atoms with Crippen molar-refractivity contribution in [1.29, 1.82) is 0 Å². The highest BCUT2D eigenvalue weighted by Crippen LogP contribution is 2.39. The van der Waals surface area contributed by atoms with Crippen molar-refractivity contribution in [3.05, 3.63) is 57.3 Å². The lowest BCUT2D eigenvalue weighted by molar-refractivity contribution is 0.171. The minimum atomic E-state index is -0.0155. The van der Waals surface area contributed by atoms with Gasteiger partial charge in [-0.3, -0.25) is 9.36 Å². The van der Waals surface area contributed by atoms with E-state index in [1.165, 1.54) is 11.8 Å². The van der Waals surface area contributed by atoms with Gasteiger partial charge in [0.1, 0.15) is 13.2 Å². The SMILES string of the molecule is CC(C)n1c(SCc2cc(Cl)c3c(c2)OCCO3)nc2ccccc2c1=O. The molecule has 1 aliphatic rings. The van der Waals surface area contributed by atoms with Crippen molar-refractivity contribution in [2.24, 2.45) is 0 Å². The third kappa shape index (κ3) is 3.51. The number of benzene rings is 2. The van der Waals surface area contributed by atoms with E-state index in [2.05, 4.69) is 0 Å². The fourth-order valence-electron chi connectivity index (χ4n) is 3.08. The van der Waals surface area contributed by atoms with Gasteiger partial charge in [0, 0.05) is 11.8 Å². The van der Waals surface area contributed by atoms with Gasteiger partial charge >= 0.3 is 0 Å². The molecule has 0 saturated carbocycles. The summed E-state index contributed by atoms with van der Waals surface area (Å²) in [5, 5.41) is 1.87. The number of hydrogen-bond donors (Lipinski definition) is 0. The van der Waals surface area contributed by atoms with Gasteiger partial charge in [-0.15, -0.1) is 0 Å². The third-order valence-corrected chi connectivity index (χ3v) is 5.62. The summed E-state index contributed by atoms with van der Waals surface area (Å²) in [7, 11) is 0. The van der Waals surface area contributed by atoms with Crippen LogP contribution in [-0.4, -0.2) is 22.8 Å². The van der Waals surface area contributed by atoms with Crippen LogP contribution in [0.4, 0.5) is 0 Å². The second-order valence-electron chi connectivity index (χ2n) is 6.57. The Morgan fingerprint density at radius 1 is 1.22 bits per heavy atom. The predicted octanol–water partition coefficient (Wildman–Crippen LogP) is 4.69. The van der Waals surface area contributed by atoms with Gasteiger partial charge in [-0.05, 0) is 43.7 Å². The van der Waals surface area contributed by atoms with Crippen LogP contribution in [0.2, 0.25) is 5.02 Å². The molecule has 0 amide bonds. The van der Waals surface area contributed by atoms with Crippen LogP contribution >= 0.6 is 23.4 Å². The number of para-hydroxylation sites is 1. The van der Waals surface area contributed by atoms with Crippen LogP contribution in [0, 0.1) is 0 Å². The molecular weight excluding hydrogens is 384 g/mol. The van der Waals surface area contributed by atoms with E-state index >= 15 is 0 Å². The highest BCUT2D eigenvalue weighted by Gasteiger charge is 2.18. The molecule has 0 atom stereocenters. The standard InChI is InChI=1S/C20H19ClN2O3S/c1-12(2)23-19(24)14-5-3-4-6-16(14)22-20(23)27-11-13-9-15(21)18-17(10-13)25-7-8-26-18/h3-6,9-10,12H,7-8,11H2,1-2H3. The van der Waals surface area contributed by atoms with Crippen LogP contribution < -0.4 is 15.0 Å². The molecule has 0 spiro atoms. The molecule has 0 bridgehead atoms. The van der Waals surface area contributed by atoms with E-state index in [4.69, 9.17) is 26.1 Å². The summed E-state index contributed by atoms with van der Waals surface area (Å²) in [5.74, 6) is 1.88. The first-order valence-corrected chi connectivity index (χ1v) is 10.1. The monoisotopic (exact) mass is 402 g/mol. The lowest BCUT2D eigenvalue weighted by Crippen LogP contribution is -2.25. The maximum Gasteiger partial charge on any atom is 0.262 e. The van der Waals surface area contributed by atoms with Gasteiger partial charge in [0.15, 0.2) is 16.7 Å². The first-order chi connectivity index (χ1) is 13.0. The molecule has 2 aromatic carbocycles. The van der Waals surface area contributed by atoms with E-state index in [0.717, 1.165) is 5.56 Å². The molecule has 3 aromatic rings. The molecule has 140 valence electrons. The first-order valence-electron chi connectivity index (χ1n) is 8.76. The van der Waals surface area contributed by atoms with Crippen molar-refractivity contribution in [2.45, 2.75) is 30.8 Å². The molecule has 5 nitrogen and oxygen atoms in total. The Hall–Kier alpha value is -2.18. The fraction of sp³-hybridized carbons (Fsp3) is 0.300. The van der Waals surface area contributed by atoms with Crippen molar-refractivity contribution in [3.8, 4) is 11.5 Å². The van der Waals surface area contributed by atoms with Crippen molar-refractivity contribution < 1.29 is 9.47 Å². The maximum absolute atomic E-state index is 12.9. The minimum Gasteiger partial charge on any atom is -0.486 e. The maximum atomic E-state index is 12.9. The molecule has 0 N–H and O–H groups in total. The highest BCUT2D eigenvalue weighted by atomic mass is 35.5. The van der Waals surface area contributed by atoms with Crippen LogP contribution in [0.1, 0.15) is 25.5 Å². The number of hydrogen-bond acceptors (Lipinski definition) is 5. The molecule has 0 radical (unpaired) electrons. The van der Waals surface area contributed by atoms with Crippen LogP contribution in [0.5, 0.6) is 11.5 Å². The molecule has 0 aliphatic carbocycles. The van der Waals surface area contributed by atoms with Gasteiger partial charge in [-0.2, -0.15) is 0 Å². The summed E-state index contributed by atoms with van der Waals surface area (Å²) in [5.41, 5.74) is 1.69. The molecule has 0 saturated heterocycles. The van der Waals surface area contributed by atoms with E-state index in [1.807, 2.05) is 50.2 Å². The quantitative estimate of drug-likeness (QED) is 0.468. The predicted molar refractivity (Wildman–Crippen MR) is 108 cm³/mol. The topological polar surface area (TPSA) is 53.4 Å². The Bertz CT molecular complexity index is 1070. The molecule has 1 aromatic heterocycles. The zero-order valence-electron chi connectivity index (χ0n) is 15.1. The number of rotatable bonds is 4. The fourth-order valence-corrected chi connectivity index (χ4v) is 4.42. The summed E-state index contributed by atoms with van der Waals surface area (Å²) in [6.07, 6.45) is 0. The van der Waals surface area contributed by atoms with E-state index in [-0.39, 0.29) is 11.6 Å². The molecule has 0 fully saturated rings. The molecule has 0 unspecified atom stereocenters. The van der Waals surface area contributed by atoms with Gasteiger partial charge in [-0.1, -0.05) is 35.5 Å². The Morgan fingerprint density at radius 2 is 2.00 bits per heavy atom. The number of halogens is 1. The molecule has 2 heterocycles. The van der Waals surface area contributed by atoms with E-state index in [0.29, 0.717) is 51.5 Å². The number of fused-ring (bicyclic) bond motifs is 2. The molecule has 27 heavy (non-hydrogen) atoms. The molecule has 1 aliphatic heterocycles. The first kappa shape index (κ1) is 18.2. The average Bonchev–Trinajstić information content (AvgIpc) is 2.66. The number of thioether (sulfide) groups is 1. The number of aromatic nitrogens is 2. The van der Waals surface area contributed by atoms with Crippen molar-refractivity contribution in [1.82, 2.24) is 9.55 Å². The summed E-state index contributed by atoms with van der Waals surface area (Å²) < 4.78 is 13.0. The average molecular weight is 403 g/mol. The smallest absolute Gasteiger partial charge is 0.262 e. The largest absolute Gasteiger partial charge is 0.486 e. The van der Waals surface area contributed by atoms with Crippen molar-refractivity contribution >= 4 is 34.3 Å². The van der Waals surface area contributed by atoms with Crippen LogP contribution in [0.3, 0.4) is 0 Å². The lowest BCUT2D eigenvalue weighted by Gasteiger charge is -2.20. The number of ether oxygens (including phenoxy) is 2. The van der Waals surface area contributed by atoms with Crippen LogP contribution in [0.15, 0.2) is 46.3 Å². The minimum absolute atomic E-state index is 0.0148. The van der Waals surface area contributed by atoms with Crippen molar-refractivity contribution in [3.63, 3.8) is 0 Å².